The van der Waals surface area contributed by atoms with Crippen LogP contribution < -0.4 is 5.56 Å². The van der Waals surface area contributed by atoms with Crippen LogP contribution in [-0.4, -0.2) is 29.5 Å². The predicted octanol–water partition coefficient (Wildman–Crippen LogP) is 0.955. The molecule has 1 amide bonds. The van der Waals surface area contributed by atoms with Crippen molar-refractivity contribution in [3.63, 3.8) is 0 Å². The van der Waals surface area contributed by atoms with Crippen molar-refractivity contribution in [3.05, 3.63) is 34.2 Å². The van der Waals surface area contributed by atoms with Crippen molar-refractivity contribution in [2.45, 2.75) is 12.7 Å². The van der Waals surface area contributed by atoms with E-state index >= 15 is 0 Å². The Balaban J connectivity index is 3.08. The summed E-state index contributed by atoms with van der Waals surface area (Å²) in [7, 11) is 2.92. The summed E-state index contributed by atoms with van der Waals surface area (Å²) >= 11 is 0. The van der Waals surface area contributed by atoms with Crippen LogP contribution in [0.2, 0.25) is 0 Å². The number of rotatable bonds is 2. The van der Waals surface area contributed by atoms with Crippen molar-refractivity contribution in [2.24, 2.45) is 0 Å². The third-order valence-electron chi connectivity index (χ3n) is 2.12. The van der Waals surface area contributed by atoms with E-state index in [1.807, 2.05) is 0 Å². The second kappa shape index (κ2) is 4.60. The fraction of sp³-hybridized carbons (Fsp3) is 0.400. The maximum atomic E-state index is 12.4. The number of amides is 1. The molecule has 0 radical (unpaired) electrons. The molecule has 0 saturated heterocycles. The second-order valence-corrected chi connectivity index (χ2v) is 3.67. The van der Waals surface area contributed by atoms with Crippen LogP contribution >= 0.6 is 0 Å². The Morgan fingerprint density at radius 1 is 1.35 bits per heavy atom. The number of pyridine rings is 1. The maximum Gasteiger partial charge on any atom is 0.417 e. The van der Waals surface area contributed by atoms with Gasteiger partial charge in [-0.05, 0) is 6.07 Å². The Labute approximate surface area is 95.3 Å². The first-order valence-corrected chi connectivity index (χ1v) is 4.69. The summed E-state index contributed by atoms with van der Waals surface area (Å²) < 4.78 is 37.9. The molecule has 0 bridgehead atoms. The van der Waals surface area contributed by atoms with E-state index in [0.717, 1.165) is 10.6 Å². The Morgan fingerprint density at radius 2 is 1.94 bits per heavy atom. The molecule has 0 spiro atoms. The molecule has 0 N–H and O–H groups in total. The lowest BCUT2D eigenvalue weighted by Crippen LogP contribution is -2.31. The monoisotopic (exact) mass is 248 g/mol. The zero-order valence-electron chi connectivity index (χ0n) is 9.28. The number of hydrogen-bond donors (Lipinski definition) is 0. The van der Waals surface area contributed by atoms with Gasteiger partial charge >= 0.3 is 6.18 Å². The topological polar surface area (TPSA) is 42.3 Å². The SMILES string of the molecule is CN(C)C(=O)Cn1cc(C(F)(F)F)ccc1=O. The van der Waals surface area contributed by atoms with Gasteiger partial charge in [-0.2, -0.15) is 13.2 Å². The molecule has 0 aliphatic rings. The standard InChI is InChI=1S/C10H11F3N2O2/c1-14(2)9(17)6-15-5-7(10(11,12)13)3-4-8(15)16/h3-5H,6H2,1-2H3. The minimum absolute atomic E-state index is 0.407. The Hall–Kier alpha value is -1.79. The molecule has 4 nitrogen and oxygen atoms in total. The molecule has 1 heterocycles. The number of aromatic nitrogens is 1. The number of carbonyl (C=O) groups excluding carboxylic acids is 1. The Bertz CT molecular complexity index is 477. The largest absolute Gasteiger partial charge is 0.417 e. The van der Waals surface area contributed by atoms with Gasteiger partial charge < -0.3 is 9.47 Å². The molecule has 0 aromatic carbocycles. The van der Waals surface area contributed by atoms with Gasteiger partial charge in [0.2, 0.25) is 5.91 Å². The highest BCUT2D eigenvalue weighted by molar-refractivity contribution is 5.75. The van der Waals surface area contributed by atoms with E-state index in [2.05, 4.69) is 0 Å². The first-order chi connectivity index (χ1) is 7.71. The van der Waals surface area contributed by atoms with Gasteiger partial charge in [0.05, 0.1) is 5.56 Å². The van der Waals surface area contributed by atoms with Crippen LogP contribution in [0.5, 0.6) is 0 Å². The van der Waals surface area contributed by atoms with Crippen LogP contribution in [0.3, 0.4) is 0 Å². The second-order valence-electron chi connectivity index (χ2n) is 3.67. The van der Waals surface area contributed by atoms with Gasteiger partial charge in [-0.15, -0.1) is 0 Å². The fourth-order valence-electron chi connectivity index (χ4n) is 1.11. The number of carbonyl (C=O) groups is 1. The molecule has 1 rings (SSSR count). The smallest absolute Gasteiger partial charge is 0.347 e. The van der Waals surface area contributed by atoms with Crippen molar-refractivity contribution < 1.29 is 18.0 Å². The average Bonchev–Trinajstić information content (AvgIpc) is 2.19. The van der Waals surface area contributed by atoms with Crippen molar-refractivity contribution in [1.82, 2.24) is 9.47 Å². The number of likely N-dealkylation sites (N-methyl/N-ethyl adjacent to an activating group) is 1. The minimum atomic E-state index is -4.53. The average molecular weight is 248 g/mol. The number of hydrogen-bond acceptors (Lipinski definition) is 2. The van der Waals surface area contributed by atoms with Crippen molar-refractivity contribution >= 4 is 5.91 Å². The third-order valence-corrected chi connectivity index (χ3v) is 2.12. The molecule has 1 aromatic heterocycles. The molecule has 0 atom stereocenters. The van der Waals surface area contributed by atoms with E-state index < -0.39 is 29.8 Å². The van der Waals surface area contributed by atoms with E-state index in [4.69, 9.17) is 0 Å². The van der Waals surface area contributed by atoms with Crippen LogP contribution in [0.4, 0.5) is 13.2 Å². The van der Waals surface area contributed by atoms with E-state index in [9.17, 15) is 22.8 Å². The van der Waals surface area contributed by atoms with Crippen molar-refractivity contribution in [2.75, 3.05) is 14.1 Å². The summed E-state index contributed by atoms with van der Waals surface area (Å²) in [5.41, 5.74) is -1.60. The molecule has 7 heteroatoms. The molecule has 1 aromatic rings. The number of halogens is 3. The Kier molecular flexibility index (Phi) is 3.59. The molecule has 0 saturated carbocycles. The highest BCUT2D eigenvalue weighted by Crippen LogP contribution is 2.27. The molecule has 17 heavy (non-hydrogen) atoms. The first-order valence-electron chi connectivity index (χ1n) is 4.69. The molecule has 0 unspecified atom stereocenters. The molecule has 94 valence electrons. The maximum absolute atomic E-state index is 12.4. The summed E-state index contributed by atoms with van der Waals surface area (Å²) in [6, 6.07) is 1.49. The summed E-state index contributed by atoms with van der Waals surface area (Å²) in [4.78, 5) is 23.8. The normalized spacial score (nSPS) is 11.4. The zero-order valence-corrected chi connectivity index (χ0v) is 9.28. The van der Waals surface area contributed by atoms with E-state index in [1.54, 1.807) is 0 Å². The zero-order chi connectivity index (χ0) is 13.2. The molecule has 0 aliphatic heterocycles. The Morgan fingerprint density at radius 3 is 2.41 bits per heavy atom. The summed E-state index contributed by atoms with van der Waals surface area (Å²) in [6.07, 6.45) is -3.89. The highest BCUT2D eigenvalue weighted by atomic mass is 19.4. The van der Waals surface area contributed by atoms with Crippen molar-refractivity contribution in [1.29, 1.82) is 0 Å². The van der Waals surface area contributed by atoms with Gasteiger partial charge in [0.25, 0.3) is 5.56 Å². The van der Waals surface area contributed by atoms with Gasteiger partial charge in [-0.3, -0.25) is 9.59 Å². The van der Waals surface area contributed by atoms with Crippen LogP contribution in [0.25, 0.3) is 0 Å². The number of nitrogens with zero attached hydrogens (tertiary/aromatic N) is 2. The highest BCUT2D eigenvalue weighted by Gasteiger charge is 2.31. The third kappa shape index (κ3) is 3.33. The summed E-state index contributed by atoms with van der Waals surface area (Å²) in [6.45, 7) is -0.407. The van der Waals surface area contributed by atoms with E-state index in [0.29, 0.717) is 12.3 Å². The lowest BCUT2D eigenvalue weighted by molar-refractivity contribution is -0.138. The van der Waals surface area contributed by atoms with Gasteiger partial charge in [-0.25, -0.2) is 0 Å². The predicted molar refractivity (Wildman–Crippen MR) is 54.4 cm³/mol. The van der Waals surface area contributed by atoms with Crippen LogP contribution in [0, 0.1) is 0 Å². The fourth-order valence-corrected chi connectivity index (χ4v) is 1.11. The minimum Gasteiger partial charge on any atom is -0.347 e. The van der Waals surface area contributed by atoms with Crippen LogP contribution in [0.15, 0.2) is 23.1 Å². The summed E-state index contributed by atoms with van der Waals surface area (Å²) in [5.74, 6) is -0.452. The molecule has 0 fully saturated rings. The lowest BCUT2D eigenvalue weighted by atomic mass is 10.3. The van der Waals surface area contributed by atoms with Gasteiger partial charge in [-0.1, -0.05) is 0 Å². The van der Waals surface area contributed by atoms with E-state index in [1.165, 1.54) is 19.0 Å². The van der Waals surface area contributed by atoms with E-state index in [-0.39, 0.29) is 0 Å². The van der Waals surface area contributed by atoms with Gasteiger partial charge in [0.1, 0.15) is 6.54 Å². The van der Waals surface area contributed by atoms with Gasteiger partial charge in [0.15, 0.2) is 0 Å². The van der Waals surface area contributed by atoms with Crippen LogP contribution in [-0.2, 0) is 17.5 Å². The van der Waals surface area contributed by atoms with Crippen LogP contribution in [0.1, 0.15) is 5.56 Å². The molecule has 0 aliphatic carbocycles. The van der Waals surface area contributed by atoms with Crippen molar-refractivity contribution in [3.8, 4) is 0 Å². The summed E-state index contributed by atoms with van der Waals surface area (Å²) in [5, 5.41) is 0. The van der Waals surface area contributed by atoms with Gasteiger partial charge in [0, 0.05) is 26.4 Å². The first kappa shape index (κ1) is 13.3. The number of alkyl halides is 3. The molecular formula is C10H11F3N2O2. The lowest BCUT2D eigenvalue weighted by Gasteiger charge is -2.13. The quantitative estimate of drug-likeness (QED) is 0.782. The molecular weight excluding hydrogens is 237 g/mol.